The number of fused-ring (bicyclic) bond motifs is 1. The first-order valence-electron chi connectivity index (χ1n) is 6.70. The molecule has 1 aliphatic rings. The van der Waals surface area contributed by atoms with E-state index in [-0.39, 0.29) is 17.7 Å². The highest BCUT2D eigenvalue weighted by atomic mass is 19.1. The van der Waals surface area contributed by atoms with Gasteiger partial charge in [-0.05, 0) is 26.0 Å². The van der Waals surface area contributed by atoms with Gasteiger partial charge in [-0.25, -0.2) is 4.39 Å². The van der Waals surface area contributed by atoms with Gasteiger partial charge in [0, 0.05) is 6.54 Å². The van der Waals surface area contributed by atoms with E-state index in [0.29, 0.717) is 4.90 Å². The number of rotatable bonds is 5. The number of halogens is 1. The van der Waals surface area contributed by atoms with Gasteiger partial charge in [0.15, 0.2) is 0 Å². The minimum Gasteiger partial charge on any atom is -0.465 e. The van der Waals surface area contributed by atoms with E-state index in [9.17, 15) is 23.6 Å². The molecule has 7 heteroatoms. The van der Waals surface area contributed by atoms with Crippen LogP contribution in [-0.4, -0.2) is 41.6 Å². The number of hydrogen-bond donors (Lipinski definition) is 0. The van der Waals surface area contributed by atoms with Crippen molar-refractivity contribution in [2.45, 2.75) is 13.8 Å². The second-order valence-electron chi connectivity index (χ2n) is 4.80. The van der Waals surface area contributed by atoms with E-state index in [1.807, 2.05) is 0 Å². The second-order valence-corrected chi connectivity index (χ2v) is 4.80. The molecular weight excluding hydrogens is 293 g/mol. The van der Waals surface area contributed by atoms with Gasteiger partial charge in [-0.15, -0.1) is 0 Å². The van der Waals surface area contributed by atoms with Crippen LogP contribution >= 0.6 is 0 Å². The first kappa shape index (κ1) is 15.8. The zero-order valence-electron chi connectivity index (χ0n) is 12.1. The van der Waals surface area contributed by atoms with Gasteiger partial charge in [-0.3, -0.25) is 24.1 Å². The van der Waals surface area contributed by atoms with E-state index >= 15 is 0 Å². The highest BCUT2D eigenvalue weighted by Gasteiger charge is 2.41. The molecule has 0 bridgehead atoms. The summed E-state index contributed by atoms with van der Waals surface area (Å²) in [5, 5.41) is 0. The van der Waals surface area contributed by atoms with Gasteiger partial charge in [0.25, 0.3) is 11.8 Å². The van der Waals surface area contributed by atoms with Crippen molar-refractivity contribution in [1.29, 1.82) is 0 Å². The Labute approximate surface area is 125 Å². The molecule has 1 aromatic carbocycles. The van der Waals surface area contributed by atoms with Crippen LogP contribution in [0.4, 0.5) is 4.39 Å². The van der Waals surface area contributed by atoms with Crippen LogP contribution in [0.3, 0.4) is 0 Å². The Bertz CT molecular complexity index is 670. The molecule has 116 valence electrons. The zero-order valence-corrected chi connectivity index (χ0v) is 12.1. The molecule has 1 aliphatic heterocycles. The maximum atomic E-state index is 13.7. The predicted octanol–water partition coefficient (Wildman–Crippen LogP) is 1.19. The lowest BCUT2D eigenvalue weighted by Gasteiger charge is -2.19. The molecule has 2 rings (SSSR count). The summed E-state index contributed by atoms with van der Waals surface area (Å²) in [5.74, 6) is -5.01. The van der Waals surface area contributed by atoms with Gasteiger partial charge in [0.05, 0.1) is 17.7 Å². The van der Waals surface area contributed by atoms with Crippen molar-refractivity contribution in [1.82, 2.24) is 4.90 Å². The molecule has 1 unspecified atom stereocenters. The smallest absolute Gasteiger partial charge is 0.318 e. The van der Waals surface area contributed by atoms with Crippen LogP contribution in [-0.2, 0) is 14.3 Å². The Morgan fingerprint density at radius 2 is 1.95 bits per heavy atom. The standard InChI is InChI=1S/C15H14FNO5/c1-3-22-15(21)10(8(2)18)7-17-13(19)9-5-4-6-11(16)12(9)14(17)20/h4-6,10H,3,7H2,1-2H3. The minimum atomic E-state index is -1.27. The normalized spacial score (nSPS) is 14.8. The summed E-state index contributed by atoms with van der Waals surface area (Å²) < 4.78 is 18.5. The van der Waals surface area contributed by atoms with Crippen LogP contribution in [0.25, 0.3) is 0 Å². The summed E-state index contributed by atoms with van der Waals surface area (Å²) in [6.45, 7) is 2.35. The number of nitrogens with zero attached hydrogens (tertiary/aromatic N) is 1. The van der Waals surface area contributed by atoms with E-state index in [1.54, 1.807) is 6.92 Å². The quantitative estimate of drug-likeness (QED) is 0.464. The van der Waals surface area contributed by atoms with Crippen molar-refractivity contribution in [3.63, 3.8) is 0 Å². The van der Waals surface area contributed by atoms with Crippen molar-refractivity contribution in [2.24, 2.45) is 5.92 Å². The SMILES string of the molecule is CCOC(=O)C(CN1C(=O)c2cccc(F)c2C1=O)C(C)=O. The lowest BCUT2D eigenvalue weighted by Crippen LogP contribution is -2.40. The van der Waals surface area contributed by atoms with Gasteiger partial charge in [-0.2, -0.15) is 0 Å². The molecular formula is C15H14FNO5. The molecule has 1 aromatic rings. The fourth-order valence-electron chi connectivity index (χ4n) is 2.25. The molecule has 0 aromatic heterocycles. The fourth-order valence-corrected chi connectivity index (χ4v) is 2.25. The number of imide groups is 1. The number of amides is 2. The monoisotopic (exact) mass is 307 g/mol. The Balaban J connectivity index is 2.29. The molecule has 0 saturated heterocycles. The Morgan fingerprint density at radius 1 is 1.27 bits per heavy atom. The van der Waals surface area contributed by atoms with Crippen molar-refractivity contribution >= 4 is 23.6 Å². The Kier molecular flexibility index (Phi) is 4.35. The molecule has 1 atom stereocenters. The summed E-state index contributed by atoms with van der Waals surface area (Å²) in [6, 6.07) is 3.71. The maximum absolute atomic E-state index is 13.7. The lowest BCUT2D eigenvalue weighted by atomic mass is 10.1. The van der Waals surface area contributed by atoms with Gasteiger partial charge < -0.3 is 4.74 Å². The molecule has 0 saturated carbocycles. The Hall–Kier alpha value is -2.57. The maximum Gasteiger partial charge on any atom is 0.318 e. The minimum absolute atomic E-state index is 0.0688. The number of carbonyl (C=O) groups is 4. The van der Waals surface area contributed by atoms with Crippen LogP contribution in [0.2, 0.25) is 0 Å². The van der Waals surface area contributed by atoms with Gasteiger partial charge >= 0.3 is 5.97 Å². The van der Waals surface area contributed by atoms with Gasteiger partial charge in [-0.1, -0.05) is 6.07 Å². The second kappa shape index (κ2) is 6.05. The topological polar surface area (TPSA) is 80.8 Å². The summed E-state index contributed by atoms with van der Waals surface area (Å²) in [4.78, 5) is 48.4. The third-order valence-corrected chi connectivity index (χ3v) is 3.38. The van der Waals surface area contributed by atoms with Crippen molar-refractivity contribution in [3.8, 4) is 0 Å². The van der Waals surface area contributed by atoms with E-state index in [0.717, 1.165) is 6.07 Å². The fraction of sp³-hybridized carbons (Fsp3) is 0.333. The van der Waals surface area contributed by atoms with Crippen molar-refractivity contribution in [2.75, 3.05) is 13.2 Å². The average molecular weight is 307 g/mol. The number of benzene rings is 1. The van der Waals surface area contributed by atoms with E-state index in [4.69, 9.17) is 4.74 Å². The predicted molar refractivity (Wildman–Crippen MR) is 72.6 cm³/mol. The number of esters is 1. The molecule has 0 aliphatic carbocycles. The molecule has 2 amide bonds. The first-order valence-corrected chi connectivity index (χ1v) is 6.70. The zero-order chi connectivity index (χ0) is 16.4. The van der Waals surface area contributed by atoms with Crippen LogP contribution in [0, 0.1) is 11.7 Å². The summed E-state index contributed by atoms with van der Waals surface area (Å²) in [5.41, 5.74) is -0.408. The lowest BCUT2D eigenvalue weighted by molar-refractivity contribution is -0.151. The molecule has 1 heterocycles. The van der Waals surface area contributed by atoms with Crippen LogP contribution in [0.15, 0.2) is 18.2 Å². The van der Waals surface area contributed by atoms with E-state index in [2.05, 4.69) is 0 Å². The largest absolute Gasteiger partial charge is 0.465 e. The van der Waals surface area contributed by atoms with Crippen LogP contribution in [0.5, 0.6) is 0 Å². The molecule has 0 radical (unpaired) electrons. The third-order valence-electron chi connectivity index (χ3n) is 3.38. The van der Waals surface area contributed by atoms with E-state index in [1.165, 1.54) is 19.1 Å². The highest BCUT2D eigenvalue weighted by molar-refractivity contribution is 6.21. The summed E-state index contributed by atoms with van der Waals surface area (Å²) >= 11 is 0. The summed E-state index contributed by atoms with van der Waals surface area (Å²) in [7, 11) is 0. The molecule has 0 fully saturated rings. The van der Waals surface area contributed by atoms with Crippen molar-refractivity contribution in [3.05, 3.63) is 35.1 Å². The molecule has 22 heavy (non-hydrogen) atoms. The molecule has 0 N–H and O–H groups in total. The Morgan fingerprint density at radius 3 is 2.50 bits per heavy atom. The number of hydrogen-bond acceptors (Lipinski definition) is 5. The van der Waals surface area contributed by atoms with E-state index < -0.39 is 41.8 Å². The highest BCUT2D eigenvalue weighted by Crippen LogP contribution is 2.26. The van der Waals surface area contributed by atoms with Crippen molar-refractivity contribution < 1.29 is 28.3 Å². The molecule has 6 nitrogen and oxygen atoms in total. The number of carbonyl (C=O) groups excluding carboxylic acids is 4. The van der Waals surface area contributed by atoms with Gasteiger partial charge in [0.2, 0.25) is 0 Å². The van der Waals surface area contributed by atoms with Crippen LogP contribution < -0.4 is 0 Å². The number of ether oxygens (including phenoxy) is 1. The average Bonchev–Trinajstić information content (AvgIpc) is 2.69. The number of ketones is 1. The van der Waals surface area contributed by atoms with Crippen LogP contribution in [0.1, 0.15) is 34.6 Å². The number of Topliss-reactive ketones (excluding diaryl/α,β-unsaturated/α-hetero) is 1. The molecule has 0 spiro atoms. The summed E-state index contributed by atoms with van der Waals surface area (Å²) in [6.07, 6.45) is 0. The third kappa shape index (κ3) is 2.61. The first-order chi connectivity index (χ1) is 10.4. The van der Waals surface area contributed by atoms with Gasteiger partial charge in [0.1, 0.15) is 17.5 Å².